The Morgan fingerprint density at radius 3 is 2.64 bits per heavy atom. The Kier molecular flexibility index (Phi) is 3.72. The zero-order chi connectivity index (χ0) is 15.7. The number of benzene rings is 1. The van der Waals surface area contributed by atoms with Gasteiger partial charge in [0.1, 0.15) is 16.5 Å². The summed E-state index contributed by atoms with van der Waals surface area (Å²) < 4.78 is 18.6. The molecule has 3 rings (SSSR count). The van der Waals surface area contributed by atoms with Crippen LogP contribution < -0.4 is 5.32 Å². The van der Waals surface area contributed by atoms with Gasteiger partial charge >= 0.3 is 0 Å². The molecule has 0 spiro atoms. The lowest BCUT2D eigenvalue weighted by atomic mass is 10.1. The van der Waals surface area contributed by atoms with Crippen molar-refractivity contribution >= 4 is 22.4 Å². The van der Waals surface area contributed by atoms with E-state index in [1.807, 2.05) is 6.92 Å². The van der Waals surface area contributed by atoms with E-state index in [1.54, 1.807) is 31.3 Å². The summed E-state index contributed by atoms with van der Waals surface area (Å²) in [5.41, 5.74) is 2.65. The van der Waals surface area contributed by atoms with Crippen LogP contribution in [0.4, 0.5) is 9.39 Å². The van der Waals surface area contributed by atoms with Crippen LogP contribution in [0, 0.1) is 12.7 Å². The molecular formula is C15H13FN4OS. The van der Waals surface area contributed by atoms with Gasteiger partial charge in [0, 0.05) is 12.6 Å². The first-order valence-corrected chi connectivity index (χ1v) is 7.35. The quantitative estimate of drug-likeness (QED) is 0.807. The third-order valence-corrected chi connectivity index (χ3v) is 3.91. The van der Waals surface area contributed by atoms with Crippen molar-refractivity contribution in [3.05, 3.63) is 53.6 Å². The zero-order valence-electron chi connectivity index (χ0n) is 12.0. The van der Waals surface area contributed by atoms with Crippen LogP contribution in [-0.2, 0) is 7.05 Å². The van der Waals surface area contributed by atoms with Crippen molar-refractivity contribution in [1.29, 1.82) is 0 Å². The molecule has 0 radical (unpaired) electrons. The maximum absolute atomic E-state index is 13.0. The SMILES string of the molecule is Cc1cc(NC(=O)c2cc(-c3ccc(F)cc3)nn2C)sn1. The Hall–Kier alpha value is -2.54. The molecule has 0 aliphatic heterocycles. The van der Waals surface area contributed by atoms with E-state index in [4.69, 9.17) is 0 Å². The average Bonchev–Trinajstić information content (AvgIpc) is 3.06. The molecule has 0 aliphatic carbocycles. The van der Waals surface area contributed by atoms with Crippen LogP contribution in [0.2, 0.25) is 0 Å². The number of carbonyl (C=O) groups is 1. The third-order valence-electron chi connectivity index (χ3n) is 3.12. The topological polar surface area (TPSA) is 59.8 Å². The molecule has 5 nitrogen and oxygen atoms in total. The molecule has 0 unspecified atom stereocenters. The lowest BCUT2D eigenvalue weighted by molar-refractivity contribution is 0.101. The second kappa shape index (κ2) is 5.69. The second-order valence-electron chi connectivity index (χ2n) is 4.83. The number of rotatable bonds is 3. The summed E-state index contributed by atoms with van der Waals surface area (Å²) >= 11 is 1.23. The minimum Gasteiger partial charge on any atom is -0.311 e. The van der Waals surface area contributed by atoms with E-state index in [0.29, 0.717) is 16.4 Å². The highest BCUT2D eigenvalue weighted by Gasteiger charge is 2.15. The van der Waals surface area contributed by atoms with Crippen LogP contribution in [0.1, 0.15) is 16.2 Å². The summed E-state index contributed by atoms with van der Waals surface area (Å²) in [6, 6.07) is 9.47. The van der Waals surface area contributed by atoms with Gasteiger partial charge in [0.15, 0.2) is 0 Å². The normalized spacial score (nSPS) is 10.7. The van der Waals surface area contributed by atoms with Gasteiger partial charge in [-0.15, -0.1) is 0 Å². The molecule has 0 atom stereocenters. The van der Waals surface area contributed by atoms with Gasteiger partial charge < -0.3 is 5.32 Å². The fourth-order valence-electron chi connectivity index (χ4n) is 2.04. The Balaban J connectivity index is 1.85. The molecule has 22 heavy (non-hydrogen) atoms. The molecule has 7 heteroatoms. The average molecular weight is 316 g/mol. The molecule has 3 aromatic rings. The summed E-state index contributed by atoms with van der Waals surface area (Å²) in [7, 11) is 1.69. The molecule has 1 aromatic carbocycles. The van der Waals surface area contributed by atoms with E-state index in [9.17, 15) is 9.18 Å². The van der Waals surface area contributed by atoms with Gasteiger partial charge in [-0.05, 0) is 54.9 Å². The molecule has 2 heterocycles. The minimum atomic E-state index is -0.307. The first-order valence-electron chi connectivity index (χ1n) is 6.57. The van der Waals surface area contributed by atoms with Crippen molar-refractivity contribution in [2.24, 2.45) is 7.05 Å². The molecule has 0 bridgehead atoms. The molecule has 0 saturated carbocycles. The van der Waals surface area contributed by atoms with Crippen molar-refractivity contribution < 1.29 is 9.18 Å². The molecule has 0 fully saturated rings. The van der Waals surface area contributed by atoms with Crippen molar-refractivity contribution in [3.63, 3.8) is 0 Å². The summed E-state index contributed by atoms with van der Waals surface area (Å²) in [6.07, 6.45) is 0. The van der Waals surface area contributed by atoms with E-state index in [0.717, 1.165) is 11.3 Å². The second-order valence-corrected chi connectivity index (χ2v) is 5.64. The van der Waals surface area contributed by atoms with Crippen LogP contribution >= 0.6 is 11.5 Å². The van der Waals surface area contributed by atoms with Gasteiger partial charge in [-0.1, -0.05) is 0 Å². The number of hydrogen-bond acceptors (Lipinski definition) is 4. The number of carbonyl (C=O) groups excluding carboxylic acids is 1. The molecule has 1 N–H and O–H groups in total. The Morgan fingerprint density at radius 1 is 1.27 bits per heavy atom. The Morgan fingerprint density at radius 2 is 2.00 bits per heavy atom. The van der Waals surface area contributed by atoms with Gasteiger partial charge in [-0.3, -0.25) is 9.48 Å². The smallest absolute Gasteiger partial charge is 0.274 e. The molecule has 0 aliphatic rings. The summed E-state index contributed by atoms with van der Waals surface area (Å²) in [5.74, 6) is -0.565. The third kappa shape index (κ3) is 2.89. The number of halogens is 1. The summed E-state index contributed by atoms with van der Waals surface area (Å²) in [4.78, 5) is 12.3. The number of aromatic nitrogens is 3. The first-order chi connectivity index (χ1) is 10.5. The van der Waals surface area contributed by atoms with Gasteiger partial charge in [0.05, 0.1) is 11.4 Å². The molecule has 2 aromatic heterocycles. The largest absolute Gasteiger partial charge is 0.311 e. The number of aryl methyl sites for hydroxylation is 2. The van der Waals surface area contributed by atoms with Gasteiger partial charge in [-0.25, -0.2) is 4.39 Å². The monoisotopic (exact) mass is 316 g/mol. The maximum Gasteiger partial charge on any atom is 0.274 e. The lowest BCUT2D eigenvalue weighted by Gasteiger charge is -2.01. The summed E-state index contributed by atoms with van der Waals surface area (Å²) in [6.45, 7) is 1.86. The van der Waals surface area contributed by atoms with Crippen LogP contribution in [-0.4, -0.2) is 20.1 Å². The van der Waals surface area contributed by atoms with E-state index < -0.39 is 0 Å². The maximum atomic E-state index is 13.0. The van der Waals surface area contributed by atoms with E-state index in [1.165, 1.54) is 28.3 Å². The van der Waals surface area contributed by atoms with Crippen LogP contribution in [0.5, 0.6) is 0 Å². The van der Waals surface area contributed by atoms with Crippen molar-refractivity contribution in [2.75, 3.05) is 5.32 Å². The fraction of sp³-hybridized carbons (Fsp3) is 0.133. The van der Waals surface area contributed by atoms with Crippen molar-refractivity contribution in [1.82, 2.24) is 14.2 Å². The van der Waals surface area contributed by atoms with Gasteiger partial charge in [0.2, 0.25) is 0 Å². The standard InChI is InChI=1S/C15H13FN4OS/c1-9-7-14(22-19-9)17-15(21)13-8-12(18-20(13)2)10-3-5-11(16)6-4-10/h3-8H,1-2H3,(H,17,21). The van der Waals surface area contributed by atoms with Crippen LogP contribution in [0.15, 0.2) is 36.4 Å². The number of nitrogens with zero attached hydrogens (tertiary/aromatic N) is 3. The van der Waals surface area contributed by atoms with Gasteiger partial charge in [-0.2, -0.15) is 9.47 Å². The highest BCUT2D eigenvalue weighted by Crippen LogP contribution is 2.21. The zero-order valence-corrected chi connectivity index (χ0v) is 12.8. The van der Waals surface area contributed by atoms with Crippen LogP contribution in [0.25, 0.3) is 11.3 Å². The Bertz CT molecular complexity index is 822. The number of nitrogens with one attached hydrogen (secondary N) is 1. The lowest BCUT2D eigenvalue weighted by Crippen LogP contribution is -2.15. The number of hydrogen-bond donors (Lipinski definition) is 1. The van der Waals surface area contributed by atoms with Crippen molar-refractivity contribution in [2.45, 2.75) is 6.92 Å². The van der Waals surface area contributed by atoms with E-state index in [-0.39, 0.29) is 11.7 Å². The minimum absolute atomic E-state index is 0.257. The predicted octanol–water partition coefficient (Wildman–Crippen LogP) is 3.24. The molecule has 1 amide bonds. The predicted molar refractivity (Wildman–Crippen MR) is 83.4 cm³/mol. The van der Waals surface area contributed by atoms with E-state index in [2.05, 4.69) is 14.8 Å². The Labute approximate surface area is 130 Å². The summed E-state index contributed by atoms with van der Waals surface area (Å²) in [5, 5.41) is 7.78. The van der Waals surface area contributed by atoms with E-state index >= 15 is 0 Å². The highest BCUT2D eigenvalue weighted by atomic mass is 32.1. The molecule has 0 saturated heterocycles. The first kappa shape index (κ1) is 14.4. The molecule has 112 valence electrons. The molecular weight excluding hydrogens is 303 g/mol. The fourth-order valence-corrected chi connectivity index (χ4v) is 2.70. The number of amides is 1. The van der Waals surface area contributed by atoms with Crippen molar-refractivity contribution in [3.8, 4) is 11.3 Å². The van der Waals surface area contributed by atoms with Crippen LogP contribution in [0.3, 0.4) is 0 Å². The number of anilines is 1. The van der Waals surface area contributed by atoms with Gasteiger partial charge in [0.25, 0.3) is 5.91 Å². The highest BCUT2D eigenvalue weighted by molar-refractivity contribution is 7.10.